The molecular formula is C18H13BrCl2N2O2. The van der Waals surface area contributed by atoms with E-state index in [1.807, 2.05) is 37.3 Å². The molecule has 0 spiro atoms. The van der Waals surface area contributed by atoms with Crippen LogP contribution >= 0.6 is 39.1 Å². The van der Waals surface area contributed by atoms with Crippen LogP contribution in [0.15, 0.2) is 57.7 Å². The van der Waals surface area contributed by atoms with E-state index in [9.17, 15) is 9.59 Å². The van der Waals surface area contributed by atoms with Crippen LogP contribution in [0, 0.1) is 6.92 Å². The summed E-state index contributed by atoms with van der Waals surface area (Å²) in [5.41, 5.74) is 2.39. The van der Waals surface area contributed by atoms with Crippen LogP contribution in [0.5, 0.6) is 0 Å². The van der Waals surface area contributed by atoms with Crippen molar-refractivity contribution in [2.24, 2.45) is 0 Å². The Morgan fingerprint density at radius 1 is 1.04 bits per heavy atom. The molecule has 0 radical (unpaired) electrons. The number of halogens is 3. The maximum atomic E-state index is 12.6. The van der Waals surface area contributed by atoms with Gasteiger partial charge in [-0.25, -0.2) is 0 Å². The van der Waals surface area contributed by atoms with Crippen molar-refractivity contribution in [1.29, 1.82) is 0 Å². The molecule has 3 rings (SSSR count). The summed E-state index contributed by atoms with van der Waals surface area (Å²) in [5.74, 6) is -0.982. The third-order valence-electron chi connectivity index (χ3n) is 3.81. The molecule has 2 aromatic rings. The highest BCUT2D eigenvalue weighted by atomic mass is 79.9. The van der Waals surface area contributed by atoms with Crippen LogP contribution in [0.3, 0.4) is 0 Å². The minimum atomic E-state index is -0.518. The Morgan fingerprint density at radius 2 is 1.72 bits per heavy atom. The van der Waals surface area contributed by atoms with E-state index >= 15 is 0 Å². The van der Waals surface area contributed by atoms with Gasteiger partial charge in [-0.1, -0.05) is 57.3 Å². The molecular weight excluding hydrogens is 427 g/mol. The molecule has 0 unspecified atom stereocenters. The predicted octanol–water partition coefficient (Wildman–Crippen LogP) is 4.84. The highest BCUT2D eigenvalue weighted by Crippen LogP contribution is 2.28. The van der Waals surface area contributed by atoms with Gasteiger partial charge in [-0.05, 0) is 42.3 Å². The zero-order chi connectivity index (χ0) is 18.1. The van der Waals surface area contributed by atoms with E-state index in [2.05, 4.69) is 21.2 Å². The number of imide groups is 1. The molecule has 0 fully saturated rings. The number of carbonyl (C=O) groups is 2. The summed E-state index contributed by atoms with van der Waals surface area (Å²) in [4.78, 5) is 26.1. The average molecular weight is 440 g/mol. The van der Waals surface area contributed by atoms with Gasteiger partial charge in [0.2, 0.25) is 0 Å². The third kappa shape index (κ3) is 3.73. The van der Waals surface area contributed by atoms with Gasteiger partial charge < -0.3 is 5.32 Å². The fourth-order valence-corrected chi connectivity index (χ4v) is 3.06. The minimum absolute atomic E-state index is 0.0590. The highest BCUT2D eigenvalue weighted by Gasteiger charge is 2.37. The Morgan fingerprint density at radius 3 is 2.36 bits per heavy atom. The second kappa shape index (κ2) is 7.20. The van der Waals surface area contributed by atoms with E-state index in [4.69, 9.17) is 23.2 Å². The molecule has 0 atom stereocenters. The van der Waals surface area contributed by atoms with Crippen LogP contribution in [-0.4, -0.2) is 16.7 Å². The lowest BCUT2D eigenvalue weighted by Gasteiger charge is -2.15. The fourth-order valence-electron chi connectivity index (χ4n) is 2.39. The highest BCUT2D eigenvalue weighted by molar-refractivity contribution is 9.10. The molecule has 0 aromatic heterocycles. The van der Waals surface area contributed by atoms with Crippen molar-refractivity contribution in [2.45, 2.75) is 13.5 Å². The van der Waals surface area contributed by atoms with Crippen molar-refractivity contribution in [3.05, 3.63) is 73.8 Å². The van der Waals surface area contributed by atoms with Crippen LogP contribution in [0.25, 0.3) is 0 Å². The first-order valence-corrected chi connectivity index (χ1v) is 8.95. The summed E-state index contributed by atoms with van der Waals surface area (Å²) >= 11 is 15.5. The molecule has 25 heavy (non-hydrogen) atoms. The molecule has 0 saturated heterocycles. The number of hydrogen-bond donors (Lipinski definition) is 1. The van der Waals surface area contributed by atoms with Gasteiger partial charge in [0.15, 0.2) is 0 Å². The van der Waals surface area contributed by atoms with Gasteiger partial charge in [-0.3, -0.25) is 14.5 Å². The number of aryl methyl sites for hydroxylation is 1. The van der Waals surface area contributed by atoms with Crippen molar-refractivity contribution in [3.63, 3.8) is 0 Å². The Balaban J connectivity index is 1.81. The lowest BCUT2D eigenvalue weighted by atomic mass is 10.2. The number of nitrogens with zero attached hydrogens (tertiary/aromatic N) is 1. The lowest BCUT2D eigenvalue weighted by molar-refractivity contribution is -0.138. The molecule has 7 heteroatoms. The van der Waals surface area contributed by atoms with Crippen molar-refractivity contribution in [2.75, 3.05) is 5.32 Å². The maximum absolute atomic E-state index is 12.6. The van der Waals surface area contributed by atoms with Crippen molar-refractivity contribution < 1.29 is 9.59 Å². The van der Waals surface area contributed by atoms with Gasteiger partial charge in [0.25, 0.3) is 11.8 Å². The van der Waals surface area contributed by atoms with Gasteiger partial charge in [0, 0.05) is 15.2 Å². The first-order valence-electron chi connectivity index (χ1n) is 7.40. The topological polar surface area (TPSA) is 49.4 Å². The molecule has 0 bridgehead atoms. The summed E-state index contributed by atoms with van der Waals surface area (Å²) in [6, 6.07) is 12.6. The van der Waals surface area contributed by atoms with Crippen LogP contribution in [0.1, 0.15) is 11.1 Å². The van der Waals surface area contributed by atoms with Crippen LogP contribution in [-0.2, 0) is 16.1 Å². The van der Waals surface area contributed by atoms with Gasteiger partial charge in [0.1, 0.15) is 10.7 Å². The van der Waals surface area contributed by atoms with Gasteiger partial charge in [0.05, 0.1) is 6.54 Å². The van der Waals surface area contributed by atoms with E-state index in [1.165, 1.54) is 0 Å². The predicted molar refractivity (Wildman–Crippen MR) is 102 cm³/mol. The lowest BCUT2D eigenvalue weighted by Crippen LogP contribution is -2.31. The molecule has 2 aromatic carbocycles. The quantitative estimate of drug-likeness (QED) is 0.693. The third-order valence-corrected chi connectivity index (χ3v) is 5.09. The first-order chi connectivity index (χ1) is 11.9. The van der Waals surface area contributed by atoms with E-state index in [0.29, 0.717) is 10.7 Å². The van der Waals surface area contributed by atoms with Crippen molar-refractivity contribution in [1.82, 2.24) is 4.90 Å². The van der Waals surface area contributed by atoms with Crippen LogP contribution < -0.4 is 5.32 Å². The van der Waals surface area contributed by atoms with Gasteiger partial charge in [-0.15, -0.1) is 0 Å². The molecule has 1 aliphatic heterocycles. The standard InChI is InChI=1S/C18H13BrCl2N2O2/c1-10-2-7-13(8-14(10)20)22-16-15(21)17(24)23(18(16)25)9-11-3-5-12(19)6-4-11/h2-8,22H,9H2,1H3. The summed E-state index contributed by atoms with van der Waals surface area (Å²) in [7, 11) is 0. The second-order valence-electron chi connectivity index (χ2n) is 5.60. The summed E-state index contributed by atoms with van der Waals surface area (Å²) in [6.45, 7) is 2.03. The van der Waals surface area contributed by atoms with E-state index in [0.717, 1.165) is 20.5 Å². The first kappa shape index (κ1) is 18.0. The second-order valence-corrected chi connectivity index (χ2v) is 7.30. The Hall–Kier alpha value is -1.82. The molecule has 0 saturated carbocycles. The minimum Gasteiger partial charge on any atom is -0.350 e. The Kier molecular flexibility index (Phi) is 5.18. The molecule has 0 aliphatic carbocycles. The molecule has 1 N–H and O–H groups in total. The maximum Gasteiger partial charge on any atom is 0.279 e. The number of carbonyl (C=O) groups excluding carboxylic acids is 2. The van der Waals surface area contributed by atoms with Gasteiger partial charge >= 0.3 is 0 Å². The number of rotatable bonds is 4. The fraction of sp³-hybridized carbons (Fsp3) is 0.111. The average Bonchev–Trinajstić information content (AvgIpc) is 2.78. The molecule has 1 heterocycles. The van der Waals surface area contributed by atoms with Crippen molar-refractivity contribution in [3.8, 4) is 0 Å². The number of nitrogens with one attached hydrogen (secondary N) is 1. The number of anilines is 1. The van der Waals surface area contributed by atoms with Gasteiger partial charge in [-0.2, -0.15) is 0 Å². The normalized spacial score (nSPS) is 14.5. The van der Waals surface area contributed by atoms with E-state index in [-0.39, 0.29) is 17.3 Å². The Labute approximate surface area is 163 Å². The SMILES string of the molecule is Cc1ccc(NC2=C(Cl)C(=O)N(Cc3ccc(Br)cc3)C2=O)cc1Cl. The van der Waals surface area contributed by atoms with E-state index < -0.39 is 11.8 Å². The van der Waals surface area contributed by atoms with Crippen LogP contribution in [0.2, 0.25) is 5.02 Å². The summed E-state index contributed by atoms with van der Waals surface area (Å²) in [6.07, 6.45) is 0. The summed E-state index contributed by atoms with van der Waals surface area (Å²) < 4.78 is 0.921. The number of amides is 2. The molecule has 4 nitrogen and oxygen atoms in total. The van der Waals surface area contributed by atoms with Crippen LogP contribution in [0.4, 0.5) is 5.69 Å². The number of hydrogen-bond acceptors (Lipinski definition) is 3. The Bertz CT molecular complexity index is 894. The molecule has 128 valence electrons. The monoisotopic (exact) mass is 438 g/mol. The zero-order valence-electron chi connectivity index (χ0n) is 13.1. The smallest absolute Gasteiger partial charge is 0.279 e. The zero-order valence-corrected chi connectivity index (χ0v) is 16.2. The molecule has 1 aliphatic rings. The largest absolute Gasteiger partial charge is 0.350 e. The molecule has 2 amide bonds. The summed E-state index contributed by atoms with van der Waals surface area (Å²) in [5, 5.41) is 3.34. The number of benzene rings is 2. The van der Waals surface area contributed by atoms with Crippen molar-refractivity contribution >= 4 is 56.6 Å². The van der Waals surface area contributed by atoms with E-state index in [1.54, 1.807) is 12.1 Å².